The average Bonchev–Trinajstić information content (AvgIpc) is 3.25. The fourth-order valence-electron chi connectivity index (χ4n) is 9.57. The lowest BCUT2D eigenvalue weighted by atomic mass is 10.0. The summed E-state index contributed by atoms with van der Waals surface area (Å²) in [6, 6.07) is 64.2. The third-order valence-corrected chi connectivity index (χ3v) is 14.0. The number of primary amides is 1. The van der Waals surface area contributed by atoms with Gasteiger partial charge < -0.3 is 25.7 Å². The Kier molecular flexibility index (Phi) is 18.2. The number of ether oxygens (including phenoxy) is 3. The maximum Gasteiger partial charge on any atom is 0.262 e. The van der Waals surface area contributed by atoms with E-state index in [2.05, 4.69) is 30.4 Å². The number of benzene rings is 8. The van der Waals surface area contributed by atoms with Gasteiger partial charge in [0.25, 0.3) is 23.6 Å². The molecular formula is C66H58N10O8. The predicted molar refractivity (Wildman–Crippen MR) is 312 cm³/mol. The molecule has 5 amide bonds. The lowest BCUT2D eigenvalue weighted by Gasteiger charge is -2.24. The lowest BCUT2D eigenvalue weighted by molar-refractivity contribution is -0.121. The number of nitrogens with two attached hydrogens (primary N) is 2. The number of amides is 5. The SMILES string of the molecule is NC(=O)[C@H](Cc1ccc(OCc2ccccc2)cc1)N1C(=O)c2ccccc2C1=O.N[C@@H](Cc1ccc(OCc2ccccc2)cc1)c1ncn[nH]1.O=C1c2ccccc2C(=O)N1[C@@H](Cc1ccc(OCc2ccccc2)cc1)c1ncn[nH]1. The summed E-state index contributed by atoms with van der Waals surface area (Å²) >= 11 is 0. The molecule has 12 rings (SSSR count). The molecule has 0 unspecified atom stereocenters. The smallest absolute Gasteiger partial charge is 0.262 e. The van der Waals surface area contributed by atoms with Crippen LogP contribution in [0, 0.1) is 0 Å². The van der Waals surface area contributed by atoms with Gasteiger partial charge in [-0.05, 0) is 100 Å². The summed E-state index contributed by atoms with van der Waals surface area (Å²) in [5, 5.41) is 13.3. The maximum atomic E-state index is 13.0. The monoisotopic (exact) mass is 1120 g/mol. The predicted octanol–water partition coefficient (Wildman–Crippen LogP) is 9.55. The van der Waals surface area contributed by atoms with Crippen molar-refractivity contribution in [1.29, 1.82) is 0 Å². The molecule has 0 saturated heterocycles. The maximum absolute atomic E-state index is 13.0. The van der Waals surface area contributed by atoms with Crippen LogP contribution < -0.4 is 25.7 Å². The van der Waals surface area contributed by atoms with E-state index in [9.17, 15) is 24.0 Å². The molecule has 0 radical (unpaired) electrons. The molecule has 420 valence electrons. The van der Waals surface area contributed by atoms with Gasteiger partial charge in [0.1, 0.15) is 73.5 Å². The molecule has 6 N–H and O–H groups in total. The number of hydrogen-bond donors (Lipinski definition) is 4. The molecule has 8 aromatic carbocycles. The van der Waals surface area contributed by atoms with Crippen molar-refractivity contribution in [2.75, 3.05) is 0 Å². The minimum atomic E-state index is -1.06. The van der Waals surface area contributed by atoms with Crippen LogP contribution in [0.4, 0.5) is 0 Å². The summed E-state index contributed by atoms with van der Waals surface area (Å²) < 4.78 is 17.4. The van der Waals surface area contributed by atoms with Crippen molar-refractivity contribution in [2.45, 2.75) is 57.2 Å². The highest BCUT2D eigenvalue weighted by Crippen LogP contribution is 2.33. The standard InChI is InChI=1S/C25H20N4O3.C24H20N2O4.C17H18N4O/c30-24-20-8-4-5-9-21(20)25(31)29(24)22(23-26-16-27-28-23)14-17-10-12-19(13-11-17)32-15-18-6-2-1-3-7-18;25-22(27)21(26-23(28)19-8-4-5-9-20(19)24(26)29)14-16-10-12-18(13-11-16)30-15-17-6-2-1-3-7-17;18-16(17-19-12-20-21-17)10-13-6-8-15(9-7-13)22-11-14-4-2-1-3-5-14/h1-13,16,22H,14-15H2,(H,26,27,28);1-13,21H,14-15H2,(H2,25,27);1-9,12,16H,10-11,18H2,(H,19,20,21)/t22-;21-;16-/m000/s1. The summed E-state index contributed by atoms with van der Waals surface area (Å²) in [4.78, 5) is 74.1. The molecule has 18 heteroatoms. The number of H-pyrrole nitrogens is 2. The second-order valence-electron chi connectivity index (χ2n) is 19.7. The highest BCUT2D eigenvalue weighted by molar-refractivity contribution is 6.23. The van der Waals surface area contributed by atoms with Crippen molar-refractivity contribution in [3.63, 3.8) is 0 Å². The van der Waals surface area contributed by atoms with Gasteiger partial charge in [-0.3, -0.25) is 44.0 Å². The Morgan fingerprint density at radius 3 is 1.10 bits per heavy atom. The Labute approximate surface area is 484 Å². The van der Waals surface area contributed by atoms with E-state index in [0.717, 1.165) is 49.8 Å². The minimum absolute atomic E-state index is 0.139. The van der Waals surface area contributed by atoms with Gasteiger partial charge in [-0.15, -0.1) is 0 Å². The van der Waals surface area contributed by atoms with Crippen molar-refractivity contribution >= 4 is 29.5 Å². The molecule has 0 fully saturated rings. The first-order valence-electron chi connectivity index (χ1n) is 27.0. The largest absolute Gasteiger partial charge is 0.489 e. The van der Waals surface area contributed by atoms with Gasteiger partial charge in [-0.2, -0.15) is 10.2 Å². The highest BCUT2D eigenvalue weighted by atomic mass is 16.5. The second-order valence-corrected chi connectivity index (χ2v) is 19.7. The summed E-state index contributed by atoms with van der Waals surface area (Å²) in [5.41, 5.74) is 19.2. The molecule has 3 atom stereocenters. The average molecular weight is 1120 g/mol. The van der Waals surface area contributed by atoms with Gasteiger partial charge in [-0.25, -0.2) is 9.97 Å². The van der Waals surface area contributed by atoms with Crippen LogP contribution in [0.25, 0.3) is 0 Å². The summed E-state index contributed by atoms with van der Waals surface area (Å²) in [7, 11) is 0. The number of nitrogens with one attached hydrogen (secondary N) is 2. The zero-order valence-corrected chi connectivity index (χ0v) is 45.4. The van der Waals surface area contributed by atoms with Crippen LogP contribution in [0.1, 0.15) is 98.5 Å². The second kappa shape index (κ2) is 27.1. The summed E-state index contributed by atoms with van der Waals surface area (Å²) in [6.07, 6.45) is 4.09. The van der Waals surface area contributed by atoms with Crippen molar-refractivity contribution in [1.82, 2.24) is 40.2 Å². The van der Waals surface area contributed by atoms with E-state index in [4.69, 9.17) is 25.7 Å². The first kappa shape index (κ1) is 56.4. The molecule has 4 heterocycles. The number of carbonyl (C=O) groups is 5. The van der Waals surface area contributed by atoms with Crippen LogP contribution >= 0.6 is 0 Å². The molecule has 0 bridgehead atoms. The minimum Gasteiger partial charge on any atom is -0.489 e. The number of imide groups is 2. The zero-order valence-electron chi connectivity index (χ0n) is 45.4. The van der Waals surface area contributed by atoms with Crippen LogP contribution in [0.15, 0.2) is 225 Å². The number of nitrogens with zero attached hydrogens (tertiary/aromatic N) is 6. The first-order chi connectivity index (χ1) is 41.1. The van der Waals surface area contributed by atoms with Crippen molar-refractivity contribution in [2.24, 2.45) is 11.5 Å². The topological polar surface area (TPSA) is 255 Å². The van der Waals surface area contributed by atoms with Crippen molar-refractivity contribution < 1.29 is 38.2 Å². The number of aromatic amines is 2. The van der Waals surface area contributed by atoms with Gasteiger partial charge in [0.2, 0.25) is 5.91 Å². The van der Waals surface area contributed by atoms with E-state index in [0.29, 0.717) is 72.3 Å². The Hall–Kier alpha value is -10.9. The number of fused-ring (bicyclic) bond motifs is 2. The van der Waals surface area contributed by atoms with Crippen molar-refractivity contribution in [3.8, 4) is 17.2 Å². The van der Waals surface area contributed by atoms with Gasteiger partial charge in [0.05, 0.1) is 28.3 Å². The fourth-order valence-corrected chi connectivity index (χ4v) is 9.57. The van der Waals surface area contributed by atoms with Gasteiger partial charge >= 0.3 is 0 Å². The molecule has 84 heavy (non-hydrogen) atoms. The molecule has 0 aliphatic carbocycles. The third kappa shape index (κ3) is 14.0. The van der Waals surface area contributed by atoms with Crippen LogP contribution in [0.5, 0.6) is 17.2 Å². The molecule has 2 aliphatic heterocycles. The van der Waals surface area contributed by atoms with Crippen LogP contribution in [0.3, 0.4) is 0 Å². The van der Waals surface area contributed by atoms with Crippen molar-refractivity contribution in [3.05, 3.63) is 292 Å². The highest BCUT2D eigenvalue weighted by Gasteiger charge is 2.43. The van der Waals surface area contributed by atoms with Crippen LogP contribution in [-0.2, 0) is 43.9 Å². The lowest BCUT2D eigenvalue weighted by Crippen LogP contribution is -2.49. The number of hydrogen-bond acceptors (Lipinski definition) is 13. The molecule has 0 spiro atoms. The van der Waals surface area contributed by atoms with Gasteiger partial charge in [0, 0.05) is 12.8 Å². The Bertz CT molecular complexity index is 3730. The number of carbonyl (C=O) groups excluding carboxylic acids is 5. The molecule has 10 aromatic rings. The van der Waals surface area contributed by atoms with Crippen LogP contribution in [0.2, 0.25) is 0 Å². The normalized spacial score (nSPS) is 13.3. The zero-order chi connectivity index (χ0) is 58.2. The van der Waals surface area contributed by atoms with Gasteiger partial charge in [-0.1, -0.05) is 152 Å². The van der Waals surface area contributed by atoms with E-state index < -0.39 is 29.8 Å². The Balaban J connectivity index is 0.000000143. The Morgan fingerprint density at radius 2 is 0.738 bits per heavy atom. The summed E-state index contributed by atoms with van der Waals surface area (Å²) in [6.45, 7) is 1.49. The molecular weight excluding hydrogens is 1060 g/mol. The number of rotatable bonds is 20. The Morgan fingerprint density at radius 1 is 0.405 bits per heavy atom. The molecule has 2 aromatic heterocycles. The molecule has 18 nitrogen and oxygen atoms in total. The molecule has 2 aliphatic rings. The van der Waals surface area contributed by atoms with Crippen LogP contribution in [-0.4, -0.2) is 75.7 Å². The summed E-state index contributed by atoms with van der Waals surface area (Å²) in [5.74, 6) is 1.06. The molecule has 0 saturated carbocycles. The fraction of sp³-hybridized carbons (Fsp3) is 0.136. The third-order valence-electron chi connectivity index (χ3n) is 14.0. The van der Waals surface area contributed by atoms with E-state index in [1.54, 1.807) is 72.8 Å². The van der Waals surface area contributed by atoms with E-state index in [-0.39, 0.29) is 24.3 Å². The van der Waals surface area contributed by atoms with E-state index in [1.807, 2.05) is 140 Å². The van der Waals surface area contributed by atoms with E-state index in [1.165, 1.54) is 17.6 Å². The number of aromatic nitrogens is 6. The first-order valence-corrected chi connectivity index (χ1v) is 27.0. The quantitative estimate of drug-likeness (QED) is 0.0519. The van der Waals surface area contributed by atoms with E-state index >= 15 is 0 Å². The van der Waals surface area contributed by atoms with Gasteiger partial charge in [0.15, 0.2) is 0 Å².